The van der Waals surface area contributed by atoms with Gasteiger partial charge in [0, 0.05) is 0 Å². The molecule has 0 heterocycles. The summed E-state index contributed by atoms with van der Waals surface area (Å²) in [4.78, 5) is 43.5. The lowest BCUT2D eigenvalue weighted by molar-refractivity contribution is 0.0470. The van der Waals surface area contributed by atoms with E-state index in [0.717, 1.165) is 69.3 Å². The standard InChI is InChI=1S/C54H57O7P/c1-13-40-16-22-43(23-17-40)46-31(4)28-34(7)49(37(46)10)52(55)59-62(58,60-53(56)50-35(8)29-32(5)47(38(50)11)44-24-18-41(14-2)19-25-44)61-54(57)51-36(9)30-33(6)48(39(51)12)45-26-20-42(15-3)21-27-45/h16-30H,13-15H2,1-12H3. The van der Waals surface area contributed by atoms with Crippen LogP contribution in [0.4, 0.5) is 0 Å². The third-order valence-electron chi connectivity index (χ3n) is 12.1. The van der Waals surface area contributed by atoms with Crippen molar-refractivity contribution in [2.75, 3.05) is 0 Å². The average molecular weight is 849 g/mol. The van der Waals surface area contributed by atoms with Crippen molar-refractivity contribution in [3.63, 3.8) is 0 Å². The molecule has 6 aromatic carbocycles. The summed E-state index contributed by atoms with van der Waals surface area (Å²) in [6.45, 7) is 22.8. The summed E-state index contributed by atoms with van der Waals surface area (Å²) in [6, 6.07) is 29.9. The molecule has 62 heavy (non-hydrogen) atoms. The van der Waals surface area contributed by atoms with Crippen molar-refractivity contribution in [1.29, 1.82) is 0 Å². The summed E-state index contributed by atoms with van der Waals surface area (Å²) >= 11 is 0. The molecule has 320 valence electrons. The van der Waals surface area contributed by atoms with Crippen LogP contribution in [0, 0.1) is 62.3 Å². The van der Waals surface area contributed by atoms with Gasteiger partial charge >= 0.3 is 25.7 Å². The van der Waals surface area contributed by atoms with Gasteiger partial charge in [0.05, 0.1) is 16.7 Å². The molecular formula is C54H57O7P. The molecule has 0 saturated carbocycles. The fraction of sp³-hybridized carbons (Fsp3) is 0.278. The van der Waals surface area contributed by atoms with Gasteiger partial charge < -0.3 is 13.6 Å². The van der Waals surface area contributed by atoms with Gasteiger partial charge in [0.25, 0.3) is 0 Å². The van der Waals surface area contributed by atoms with E-state index in [2.05, 4.69) is 20.8 Å². The van der Waals surface area contributed by atoms with Crippen LogP contribution in [0.25, 0.3) is 33.4 Å². The van der Waals surface area contributed by atoms with Gasteiger partial charge in [-0.15, -0.1) is 0 Å². The van der Waals surface area contributed by atoms with Crippen molar-refractivity contribution in [2.24, 2.45) is 0 Å². The van der Waals surface area contributed by atoms with E-state index >= 15 is 4.57 Å². The molecule has 0 aliphatic carbocycles. The van der Waals surface area contributed by atoms with Crippen LogP contribution in [-0.4, -0.2) is 17.9 Å². The minimum absolute atomic E-state index is 0.124. The van der Waals surface area contributed by atoms with E-state index in [1.165, 1.54) is 16.7 Å². The first-order chi connectivity index (χ1) is 29.4. The maximum absolute atomic E-state index is 15.2. The van der Waals surface area contributed by atoms with Gasteiger partial charge in [-0.2, -0.15) is 4.57 Å². The molecule has 7 nitrogen and oxygen atoms in total. The predicted molar refractivity (Wildman–Crippen MR) is 250 cm³/mol. The van der Waals surface area contributed by atoms with E-state index in [-0.39, 0.29) is 16.7 Å². The topological polar surface area (TPSA) is 96.0 Å². The highest BCUT2D eigenvalue weighted by Crippen LogP contribution is 2.53. The van der Waals surface area contributed by atoms with Crippen LogP contribution in [0.2, 0.25) is 0 Å². The third kappa shape index (κ3) is 9.10. The quantitative estimate of drug-likeness (QED) is 0.113. The maximum Gasteiger partial charge on any atom is 0.654 e. The molecular weight excluding hydrogens is 792 g/mol. The first-order valence-corrected chi connectivity index (χ1v) is 22.8. The second-order valence-corrected chi connectivity index (χ2v) is 17.8. The normalized spacial score (nSPS) is 11.4. The van der Waals surface area contributed by atoms with Gasteiger partial charge in [-0.3, -0.25) is 0 Å². The maximum atomic E-state index is 15.2. The Labute approximate surface area is 367 Å². The molecule has 0 amide bonds. The number of hydrogen-bond donors (Lipinski definition) is 0. The Balaban J connectivity index is 1.46. The highest BCUT2D eigenvalue weighted by Gasteiger charge is 2.43. The van der Waals surface area contributed by atoms with Crippen LogP contribution in [0.3, 0.4) is 0 Å². The minimum Gasteiger partial charge on any atom is -0.348 e. The Morgan fingerprint density at radius 3 is 0.823 bits per heavy atom. The van der Waals surface area contributed by atoms with Crippen molar-refractivity contribution in [2.45, 2.75) is 102 Å². The number of carbonyl (C=O) groups is 3. The van der Waals surface area contributed by atoms with Crippen LogP contribution in [-0.2, 0) is 37.4 Å². The van der Waals surface area contributed by atoms with Crippen LogP contribution in [0.5, 0.6) is 0 Å². The Morgan fingerprint density at radius 1 is 0.387 bits per heavy atom. The smallest absolute Gasteiger partial charge is 0.348 e. The molecule has 0 N–H and O–H groups in total. The monoisotopic (exact) mass is 848 g/mol. The average Bonchev–Trinajstić information content (AvgIpc) is 3.20. The van der Waals surface area contributed by atoms with Crippen molar-refractivity contribution < 1.29 is 32.5 Å². The molecule has 0 fully saturated rings. The zero-order valence-electron chi connectivity index (χ0n) is 38.1. The van der Waals surface area contributed by atoms with Crippen LogP contribution >= 0.6 is 7.82 Å². The number of rotatable bonds is 12. The zero-order valence-corrected chi connectivity index (χ0v) is 39.0. The molecule has 0 aliphatic heterocycles. The summed E-state index contributed by atoms with van der Waals surface area (Å²) in [5.74, 6) is -3.17. The van der Waals surface area contributed by atoms with Gasteiger partial charge in [-0.25, -0.2) is 14.4 Å². The Hall–Kier alpha value is -6.04. The highest BCUT2D eigenvalue weighted by molar-refractivity contribution is 7.50. The fourth-order valence-corrected chi connectivity index (χ4v) is 10.0. The van der Waals surface area contributed by atoms with Gasteiger partial charge in [-0.1, -0.05) is 112 Å². The molecule has 0 unspecified atom stereocenters. The van der Waals surface area contributed by atoms with Gasteiger partial charge in [0.2, 0.25) is 0 Å². The number of carbonyl (C=O) groups excluding carboxylic acids is 3. The summed E-state index contributed by atoms with van der Waals surface area (Å²) in [5.41, 5.74) is 15.2. The highest BCUT2D eigenvalue weighted by atomic mass is 31.2. The first-order valence-electron chi connectivity index (χ1n) is 21.3. The molecule has 0 aromatic heterocycles. The van der Waals surface area contributed by atoms with Gasteiger partial charge in [0.15, 0.2) is 0 Å². The molecule has 0 aliphatic rings. The summed E-state index contributed by atoms with van der Waals surface area (Å²) in [6.07, 6.45) is 2.63. The van der Waals surface area contributed by atoms with E-state index in [0.29, 0.717) is 33.4 Å². The van der Waals surface area contributed by atoms with E-state index in [9.17, 15) is 14.4 Å². The Morgan fingerprint density at radius 2 is 0.613 bits per heavy atom. The molecule has 0 bridgehead atoms. The lowest BCUT2D eigenvalue weighted by atomic mass is 9.89. The number of phosphoric acid groups is 1. The van der Waals surface area contributed by atoms with Gasteiger partial charge in [0.1, 0.15) is 0 Å². The number of phosphoric ester groups is 1. The van der Waals surface area contributed by atoms with Crippen molar-refractivity contribution in [3.8, 4) is 33.4 Å². The predicted octanol–water partition coefficient (Wildman–Crippen LogP) is 14.1. The number of aryl methyl sites for hydroxylation is 9. The van der Waals surface area contributed by atoms with Crippen molar-refractivity contribution in [3.05, 3.63) is 174 Å². The number of hydrogen-bond acceptors (Lipinski definition) is 7. The van der Waals surface area contributed by atoms with Crippen LogP contribution < -0.4 is 0 Å². The van der Waals surface area contributed by atoms with Crippen LogP contribution in [0.1, 0.15) is 119 Å². The summed E-state index contributed by atoms with van der Waals surface area (Å²) < 4.78 is 32.4. The second-order valence-electron chi connectivity index (χ2n) is 16.4. The molecule has 0 saturated heterocycles. The van der Waals surface area contributed by atoms with Gasteiger partial charge in [-0.05, 0) is 182 Å². The van der Waals surface area contributed by atoms with Crippen LogP contribution in [0.15, 0.2) is 91.0 Å². The summed E-state index contributed by atoms with van der Waals surface area (Å²) in [5, 5.41) is 0. The largest absolute Gasteiger partial charge is 0.654 e. The molecule has 0 radical (unpaired) electrons. The third-order valence-corrected chi connectivity index (χ3v) is 13.2. The molecule has 0 spiro atoms. The van der Waals surface area contributed by atoms with E-state index in [4.69, 9.17) is 13.6 Å². The first kappa shape index (κ1) is 45.5. The Kier molecular flexibility index (Phi) is 13.6. The fourth-order valence-electron chi connectivity index (χ4n) is 9.05. The molecule has 0 atom stereocenters. The SMILES string of the molecule is CCc1ccc(-c2c(C)cc(C)c(C(=O)OP(=O)(OC(=O)c3c(C)cc(C)c(-c4ccc(CC)cc4)c3C)OC(=O)c3c(C)cc(C)c(-c4ccc(CC)cc4)c3C)c2C)cc1. The molecule has 6 aromatic rings. The Bertz CT molecular complexity index is 2460. The van der Waals surface area contributed by atoms with E-state index in [1.807, 2.05) is 112 Å². The lowest BCUT2D eigenvalue weighted by Crippen LogP contribution is -2.18. The summed E-state index contributed by atoms with van der Waals surface area (Å²) in [7, 11) is -5.38. The van der Waals surface area contributed by atoms with E-state index < -0.39 is 25.7 Å². The number of benzene rings is 6. The lowest BCUT2D eigenvalue weighted by Gasteiger charge is -2.22. The van der Waals surface area contributed by atoms with Crippen molar-refractivity contribution in [1.82, 2.24) is 0 Å². The minimum atomic E-state index is -5.38. The molecule has 6 rings (SSSR count). The zero-order chi connectivity index (χ0) is 45.2. The second kappa shape index (κ2) is 18.5. The van der Waals surface area contributed by atoms with Crippen molar-refractivity contribution >= 4 is 25.7 Å². The van der Waals surface area contributed by atoms with E-state index in [1.54, 1.807) is 41.5 Å². The molecule has 8 heteroatoms.